The van der Waals surface area contributed by atoms with E-state index in [1.807, 2.05) is 18.4 Å². The number of nitrogens with two attached hydrogens (primary N) is 1. The first kappa shape index (κ1) is 13.9. The van der Waals surface area contributed by atoms with Gasteiger partial charge in [-0.2, -0.15) is 13.2 Å². The van der Waals surface area contributed by atoms with Crippen molar-refractivity contribution >= 4 is 10.9 Å². The standard InChI is InChI=1S/C14H17F3N2/c1-3-19-10(7-9(2)18)8-11-12(14(15,16)17)5-4-6-13(11)19/h4-6,8-9H,3,7,18H2,1-2H3. The van der Waals surface area contributed by atoms with Gasteiger partial charge in [0, 0.05) is 35.6 Å². The van der Waals surface area contributed by atoms with E-state index in [-0.39, 0.29) is 11.4 Å². The Balaban J connectivity index is 2.68. The summed E-state index contributed by atoms with van der Waals surface area (Å²) in [7, 11) is 0. The molecule has 0 aliphatic carbocycles. The Bertz CT molecular complexity index is 582. The SMILES string of the molecule is CCn1c(CC(C)N)cc2c(C(F)(F)F)cccc21. The lowest BCUT2D eigenvalue weighted by Crippen LogP contribution is -2.19. The molecule has 0 bridgehead atoms. The van der Waals surface area contributed by atoms with Gasteiger partial charge in [-0.25, -0.2) is 0 Å². The summed E-state index contributed by atoms with van der Waals surface area (Å²) in [5.41, 5.74) is 6.65. The molecule has 0 spiro atoms. The number of benzene rings is 1. The quantitative estimate of drug-likeness (QED) is 0.908. The van der Waals surface area contributed by atoms with Gasteiger partial charge in [0.05, 0.1) is 5.56 Å². The number of hydrogen-bond donors (Lipinski definition) is 1. The van der Waals surface area contributed by atoms with Gasteiger partial charge >= 0.3 is 6.18 Å². The van der Waals surface area contributed by atoms with Crippen LogP contribution in [0.3, 0.4) is 0 Å². The molecule has 1 aromatic carbocycles. The van der Waals surface area contributed by atoms with Crippen molar-refractivity contribution in [1.82, 2.24) is 4.57 Å². The van der Waals surface area contributed by atoms with E-state index in [1.54, 1.807) is 12.1 Å². The maximum Gasteiger partial charge on any atom is 0.417 e. The Labute approximate surface area is 110 Å². The van der Waals surface area contributed by atoms with Crippen molar-refractivity contribution in [2.24, 2.45) is 5.73 Å². The summed E-state index contributed by atoms with van der Waals surface area (Å²) in [4.78, 5) is 0. The second-order valence-corrected chi connectivity index (χ2v) is 4.80. The summed E-state index contributed by atoms with van der Waals surface area (Å²) in [5, 5.41) is 0.257. The first-order valence-electron chi connectivity index (χ1n) is 6.28. The Kier molecular flexibility index (Phi) is 3.58. The van der Waals surface area contributed by atoms with Gasteiger partial charge in [0.15, 0.2) is 0 Å². The molecule has 0 saturated carbocycles. The molecule has 0 aliphatic heterocycles. The van der Waals surface area contributed by atoms with E-state index in [2.05, 4.69) is 0 Å². The average molecular weight is 270 g/mol. The van der Waals surface area contributed by atoms with Crippen LogP contribution in [0.25, 0.3) is 10.9 Å². The van der Waals surface area contributed by atoms with Crippen molar-refractivity contribution in [3.05, 3.63) is 35.5 Å². The van der Waals surface area contributed by atoms with Crippen LogP contribution < -0.4 is 5.73 Å². The smallest absolute Gasteiger partial charge is 0.345 e. The number of fused-ring (bicyclic) bond motifs is 1. The molecule has 19 heavy (non-hydrogen) atoms. The van der Waals surface area contributed by atoms with Crippen LogP contribution in [0.2, 0.25) is 0 Å². The molecule has 1 aromatic heterocycles. The summed E-state index contributed by atoms with van der Waals surface area (Å²) in [6, 6.07) is 5.83. The minimum absolute atomic E-state index is 0.0797. The number of aryl methyl sites for hydroxylation is 1. The van der Waals surface area contributed by atoms with E-state index >= 15 is 0 Å². The molecule has 0 fully saturated rings. The normalized spacial score (nSPS) is 14.0. The van der Waals surface area contributed by atoms with Gasteiger partial charge in [-0.1, -0.05) is 6.07 Å². The third-order valence-electron chi connectivity index (χ3n) is 3.18. The van der Waals surface area contributed by atoms with Gasteiger partial charge in [-0.05, 0) is 32.0 Å². The van der Waals surface area contributed by atoms with E-state index in [1.165, 1.54) is 6.07 Å². The van der Waals surface area contributed by atoms with Gasteiger partial charge in [0.1, 0.15) is 0 Å². The van der Waals surface area contributed by atoms with E-state index < -0.39 is 11.7 Å². The first-order valence-corrected chi connectivity index (χ1v) is 6.28. The minimum Gasteiger partial charge on any atom is -0.345 e. The highest BCUT2D eigenvalue weighted by Gasteiger charge is 2.33. The molecule has 2 aromatic rings. The molecule has 2 N–H and O–H groups in total. The Morgan fingerprint density at radius 3 is 2.53 bits per heavy atom. The predicted octanol–water partition coefficient (Wildman–Crippen LogP) is 3.57. The number of hydrogen-bond acceptors (Lipinski definition) is 1. The van der Waals surface area contributed by atoms with Gasteiger partial charge in [0.2, 0.25) is 0 Å². The third kappa shape index (κ3) is 2.61. The molecule has 104 valence electrons. The molecule has 2 rings (SSSR count). The van der Waals surface area contributed by atoms with E-state index in [4.69, 9.17) is 5.73 Å². The molecule has 2 nitrogen and oxygen atoms in total. The van der Waals surface area contributed by atoms with Gasteiger partial charge in [0.25, 0.3) is 0 Å². The monoisotopic (exact) mass is 270 g/mol. The van der Waals surface area contributed by atoms with E-state index in [9.17, 15) is 13.2 Å². The fourth-order valence-corrected chi connectivity index (χ4v) is 2.46. The second-order valence-electron chi connectivity index (χ2n) is 4.80. The summed E-state index contributed by atoms with van der Waals surface area (Å²) in [5.74, 6) is 0. The summed E-state index contributed by atoms with van der Waals surface area (Å²) in [6.07, 6.45) is -3.76. The van der Waals surface area contributed by atoms with Crippen LogP contribution >= 0.6 is 0 Å². The van der Waals surface area contributed by atoms with Gasteiger partial charge in [-0.3, -0.25) is 0 Å². The average Bonchev–Trinajstić information content (AvgIpc) is 2.63. The lowest BCUT2D eigenvalue weighted by Gasteiger charge is -2.10. The largest absolute Gasteiger partial charge is 0.417 e. The molecule has 5 heteroatoms. The fourth-order valence-electron chi connectivity index (χ4n) is 2.46. The Morgan fingerprint density at radius 1 is 1.32 bits per heavy atom. The predicted molar refractivity (Wildman–Crippen MR) is 70.0 cm³/mol. The highest BCUT2D eigenvalue weighted by molar-refractivity contribution is 5.85. The molecule has 0 aliphatic rings. The second kappa shape index (κ2) is 4.89. The molecule has 1 atom stereocenters. The highest BCUT2D eigenvalue weighted by atomic mass is 19.4. The van der Waals surface area contributed by atoms with Crippen LogP contribution in [0, 0.1) is 0 Å². The molecule has 1 unspecified atom stereocenters. The number of halogens is 3. The number of nitrogens with zero attached hydrogens (tertiary/aromatic N) is 1. The van der Waals surface area contributed by atoms with E-state index in [0.717, 1.165) is 11.8 Å². The molecule has 1 heterocycles. The Hall–Kier alpha value is -1.49. The molecule has 0 saturated heterocycles. The van der Waals surface area contributed by atoms with Crippen LogP contribution in [0.15, 0.2) is 24.3 Å². The zero-order chi connectivity index (χ0) is 14.2. The lowest BCUT2D eigenvalue weighted by atomic mass is 10.1. The summed E-state index contributed by atoms with van der Waals surface area (Å²) in [6.45, 7) is 4.40. The van der Waals surface area contributed by atoms with E-state index in [0.29, 0.717) is 18.5 Å². The first-order chi connectivity index (χ1) is 8.84. The molecular weight excluding hydrogens is 253 g/mol. The third-order valence-corrected chi connectivity index (χ3v) is 3.18. The van der Waals surface area contributed by atoms with Crippen molar-refractivity contribution in [3.63, 3.8) is 0 Å². The van der Waals surface area contributed by atoms with Crippen molar-refractivity contribution < 1.29 is 13.2 Å². The summed E-state index contributed by atoms with van der Waals surface area (Å²) >= 11 is 0. The zero-order valence-corrected chi connectivity index (χ0v) is 11.0. The van der Waals surface area contributed by atoms with Gasteiger partial charge < -0.3 is 10.3 Å². The zero-order valence-electron chi connectivity index (χ0n) is 11.0. The van der Waals surface area contributed by atoms with Crippen molar-refractivity contribution in [3.8, 4) is 0 Å². The minimum atomic E-state index is -4.33. The van der Waals surface area contributed by atoms with Crippen molar-refractivity contribution in [1.29, 1.82) is 0 Å². The molecule has 0 radical (unpaired) electrons. The lowest BCUT2D eigenvalue weighted by molar-refractivity contribution is -0.136. The van der Waals surface area contributed by atoms with Gasteiger partial charge in [-0.15, -0.1) is 0 Å². The van der Waals surface area contributed by atoms with Crippen LogP contribution in [-0.2, 0) is 19.1 Å². The fraction of sp³-hybridized carbons (Fsp3) is 0.429. The molecule has 0 amide bonds. The van der Waals surface area contributed by atoms with Crippen LogP contribution in [0.1, 0.15) is 25.1 Å². The number of aromatic nitrogens is 1. The molecular formula is C14H17F3N2. The van der Waals surface area contributed by atoms with Crippen molar-refractivity contribution in [2.45, 2.75) is 39.0 Å². The number of rotatable bonds is 3. The van der Waals surface area contributed by atoms with Crippen LogP contribution in [0.4, 0.5) is 13.2 Å². The highest BCUT2D eigenvalue weighted by Crippen LogP contribution is 2.36. The maximum atomic E-state index is 13.0. The Morgan fingerprint density at radius 2 is 2.00 bits per heavy atom. The van der Waals surface area contributed by atoms with Crippen LogP contribution in [0.5, 0.6) is 0 Å². The number of alkyl halides is 3. The topological polar surface area (TPSA) is 30.9 Å². The van der Waals surface area contributed by atoms with Crippen molar-refractivity contribution in [2.75, 3.05) is 0 Å². The maximum absolute atomic E-state index is 13.0. The van der Waals surface area contributed by atoms with Crippen LogP contribution in [-0.4, -0.2) is 10.6 Å². The summed E-state index contributed by atoms with van der Waals surface area (Å²) < 4.78 is 40.9.